The van der Waals surface area contributed by atoms with Crippen molar-refractivity contribution in [1.29, 1.82) is 0 Å². The second-order valence-electron chi connectivity index (χ2n) is 3.15. The zero-order chi connectivity index (χ0) is 12.8. The van der Waals surface area contributed by atoms with Gasteiger partial charge in [-0.25, -0.2) is 22.2 Å². The van der Waals surface area contributed by atoms with Gasteiger partial charge in [0, 0.05) is 16.2 Å². The number of fused-ring (bicyclic) bond motifs is 1. The molecule has 2 aromatic rings. The lowest BCUT2D eigenvalue weighted by atomic mass is 10.2. The van der Waals surface area contributed by atoms with Crippen molar-refractivity contribution in [3.8, 4) is 0 Å². The van der Waals surface area contributed by atoms with E-state index in [4.69, 9.17) is 10.7 Å². The number of aromatic amines is 1. The Morgan fingerprint density at radius 2 is 2.06 bits per heavy atom. The summed E-state index contributed by atoms with van der Waals surface area (Å²) >= 11 is 3.00. The van der Waals surface area contributed by atoms with Gasteiger partial charge in [-0.3, -0.25) is 0 Å². The summed E-state index contributed by atoms with van der Waals surface area (Å²) in [7, 11) is 0.863. The molecule has 0 radical (unpaired) electrons. The fourth-order valence-electron chi connectivity index (χ4n) is 1.46. The van der Waals surface area contributed by atoms with Crippen LogP contribution in [0.4, 0.5) is 8.78 Å². The molecule has 0 aliphatic rings. The number of aromatic nitrogens is 2. The Kier molecular flexibility index (Phi) is 3.13. The SMILES string of the molecule is O=S(=O)(Cl)c1c(C(F)F)ccc2[nH]c(Br)nc12. The van der Waals surface area contributed by atoms with E-state index in [-0.39, 0.29) is 10.3 Å². The van der Waals surface area contributed by atoms with E-state index in [0.717, 1.165) is 6.07 Å². The standard InChI is InChI=1S/C8H4BrClF2N2O2S/c9-8-13-4-2-1-3(7(11)12)6(5(4)14-8)17(10,15)16/h1-2,7H,(H,13,14). The zero-order valence-corrected chi connectivity index (χ0v) is 11.1. The van der Waals surface area contributed by atoms with Crippen LogP contribution in [0.2, 0.25) is 0 Å². The lowest BCUT2D eigenvalue weighted by molar-refractivity contribution is 0.148. The summed E-state index contributed by atoms with van der Waals surface area (Å²) in [5.41, 5.74) is -0.461. The molecule has 0 saturated heterocycles. The van der Waals surface area contributed by atoms with Crippen molar-refractivity contribution in [2.24, 2.45) is 0 Å². The fraction of sp³-hybridized carbons (Fsp3) is 0.125. The molecule has 92 valence electrons. The third kappa shape index (κ3) is 2.29. The van der Waals surface area contributed by atoms with Crippen molar-refractivity contribution in [2.75, 3.05) is 0 Å². The van der Waals surface area contributed by atoms with Crippen LogP contribution in [0.25, 0.3) is 11.0 Å². The monoisotopic (exact) mass is 344 g/mol. The summed E-state index contributed by atoms with van der Waals surface area (Å²) in [5.74, 6) is 0. The van der Waals surface area contributed by atoms with Gasteiger partial charge >= 0.3 is 0 Å². The Hall–Kier alpha value is -0.730. The highest BCUT2D eigenvalue weighted by atomic mass is 79.9. The second kappa shape index (κ2) is 4.18. The van der Waals surface area contributed by atoms with Gasteiger partial charge < -0.3 is 4.98 Å². The number of H-pyrrole nitrogens is 1. The molecule has 0 aliphatic heterocycles. The van der Waals surface area contributed by atoms with Crippen LogP contribution in [-0.4, -0.2) is 18.4 Å². The molecule has 9 heteroatoms. The zero-order valence-electron chi connectivity index (χ0n) is 7.92. The lowest BCUT2D eigenvalue weighted by Gasteiger charge is -2.05. The summed E-state index contributed by atoms with van der Waals surface area (Å²) in [4.78, 5) is 5.80. The van der Waals surface area contributed by atoms with E-state index < -0.39 is 25.9 Å². The van der Waals surface area contributed by atoms with E-state index in [2.05, 4.69) is 25.9 Å². The Morgan fingerprint density at radius 1 is 1.41 bits per heavy atom. The number of imidazole rings is 1. The first-order valence-electron chi connectivity index (χ1n) is 4.21. The van der Waals surface area contributed by atoms with Gasteiger partial charge in [0.15, 0.2) is 4.73 Å². The number of nitrogens with zero attached hydrogens (tertiary/aromatic N) is 1. The average Bonchev–Trinajstić information content (AvgIpc) is 2.53. The Balaban J connectivity index is 2.94. The summed E-state index contributed by atoms with van der Waals surface area (Å²) in [5, 5.41) is 0. The van der Waals surface area contributed by atoms with Crippen LogP contribution in [0, 0.1) is 0 Å². The maximum absolute atomic E-state index is 12.7. The molecule has 0 aliphatic carbocycles. The topological polar surface area (TPSA) is 62.8 Å². The molecule has 17 heavy (non-hydrogen) atoms. The molecule has 0 amide bonds. The summed E-state index contributed by atoms with van der Waals surface area (Å²) < 4.78 is 48.4. The number of halogens is 4. The lowest BCUT2D eigenvalue weighted by Crippen LogP contribution is -2.00. The number of nitrogens with one attached hydrogen (secondary N) is 1. The van der Waals surface area contributed by atoms with E-state index in [0.29, 0.717) is 5.52 Å². The van der Waals surface area contributed by atoms with Crippen LogP contribution < -0.4 is 0 Å². The Morgan fingerprint density at radius 3 is 2.59 bits per heavy atom. The number of hydrogen-bond acceptors (Lipinski definition) is 3. The van der Waals surface area contributed by atoms with E-state index >= 15 is 0 Å². The minimum Gasteiger partial charge on any atom is -0.332 e. The molecule has 1 aromatic heterocycles. The third-order valence-electron chi connectivity index (χ3n) is 2.09. The molecule has 1 N–H and O–H groups in total. The predicted octanol–water partition coefficient (Wildman–Crippen LogP) is 3.19. The summed E-state index contributed by atoms with van der Waals surface area (Å²) in [6.45, 7) is 0. The van der Waals surface area contributed by atoms with Gasteiger partial charge in [0.25, 0.3) is 15.5 Å². The van der Waals surface area contributed by atoms with Crippen LogP contribution in [0.15, 0.2) is 21.8 Å². The molecule has 0 bridgehead atoms. The molecule has 0 saturated carbocycles. The number of alkyl halides is 2. The molecular weight excluding hydrogens is 342 g/mol. The van der Waals surface area contributed by atoms with Gasteiger partial charge in [0.1, 0.15) is 10.4 Å². The second-order valence-corrected chi connectivity index (χ2v) is 6.40. The van der Waals surface area contributed by atoms with E-state index in [1.165, 1.54) is 6.07 Å². The molecule has 0 fully saturated rings. The van der Waals surface area contributed by atoms with Crippen LogP contribution >= 0.6 is 26.6 Å². The van der Waals surface area contributed by atoms with Crippen molar-refractivity contribution >= 4 is 46.7 Å². The van der Waals surface area contributed by atoms with Crippen molar-refractivity contribution < 1.29 is 17.2 Å². The van der Waals surface area contributed by atoms with Gasteiger partial charge in [-0.05, 0) is 28.1 Å². The van der Waals surface area contributed by atoms with E-state index in [1.54, 1.807) is 0 Å². The van der Waals surface area contributed by atoms with Gasteiger partial charge in [-0.2, -0.15) is 0 Å². The average molecular weight is 346 g/mol. The molecule has 0 unspecified atom stereocenters. The largest absolute Gasteiger partial charge is 0.332 e. The number of hydrogen-bond donors (Lipinski definition) is 1. The van der Waals surface area contributed by atoms with Gasteiger partial charge in [0.05, 0.1) is 5.52 Å². The smallest absolute Gasteiger partial charge is 0.265 e. The van der Waals surface area contributed by atoms with Crippen molar-refractivity contribution in [2.45, 2.75) is 11.3 Å². The minimum atomic E-state index is -4.30. The number of rotatable bonds is 2. The Bertz CT molecular complexity index is 686. The van der Waals surface area contributed by atoms with Gasteiger partial charge in [-0.15, -0.1) is 0 Å². The van der Waals surface area contributed by atoms with Gasteiger partial charge in [-0.1, -0.05) is 0 Å². The molecule has 4 nitrogen and oxygen atoms in total. The van der Waals surface area contributed by atoms with Crippen molar-refractivity contribution in [3.63, 3.8) is 0 Å². The molecular formula is C8H4BrClF2N2O2S. The van der Waals surface area contributed by atoms with Crippen LogP contribution in [0.3, 0.4) is 0 Å². The molecule has 1 aromatic carbocycles. The van der Waals surface area contributed by atoms with Crippen molar-refractivity contribution in [3.05, 3.63) is 22.4 Å². The first-order chi connectivity index (χ1) is 7.80. The first-order valence-corrected chi connectivity index (χ1v) is 7.32. The Labute approximate surface area is 108 Å². The predicted molar refractivity (Wildman–Crippen MR) is 61.8 cm³/mol. The highest BCUT2D eigenvalue weighted by molar-refractivity contribution is 9.10. The normalized spacial score (nSPS) is 12.5. The minimum absolute atomic E-state index is 0.107. The van der Waals surface area contributed by atoms with E-state index in [1.807, 2.05) is 0 Å². The highest BCUT2D eigenvalue weighted by Gasteiger charge is 2.26. The van der Waals surface area contributed by atoms with Crippen molar-refractivity contribution in [1.82, 2.24) is 9.97 Å². The molecule has 0 atom stereocenters. The summed E-state index contributed by atoms with van der Waals surface area (Å²) in [6, 6.07) is 2.33. The maximum Gasteiger partial charge on any atom is 0.265 e. The van der Waals surface area contributed by atoms with Gasteiger partial charge in [0.2, 0.25) is 0 Å². The van der Waals surface area contributed by atoms with Crippen LogP contribution in [0.1, 0.15) is 12.0 Å². The van der Waals surface area contributed by atoms with E-state index in [9.17, 15) is 17.2 Å². The third-order valence-corrected chi connectivity index (χ3v) is 3.84. The molecule has 2 rings (SSSR count). The fourth-order valence-corrected chi connectivity index (χ4v) is 3.17. The molecule has 1 heterocycles. The van der Waals surface area contributed by atoms with Crippen LogP contribution in [0.5, 0.6) is 0 Å². The highest BCUT2D eigenvalue weighted by Crippen LogP contribution is 2.34. The first kappa shape index (κ1) is 12.7. The quantitative estimate of drug-likeness (QED) is 0.850. The molecule has 0 spiro atoms. The maximum atomic E-state index is 12.7. The summed E-state index contributed by atoms with van der Waals surface area (Å²) in [6.07, 6.45) is -2.95. The van der Waals surface area contributed by atoms with Crippen LogP contribution in [-0.2, 0) is 9.05 Å². The number of benzene rings is 1.